The highest BCUT2D eigenvalue weighted by atomic mass is 16.5. The molecule has 1 unspecified atom stereocenters. The summed E-state index contributed by atoms with van der Waals surface area (Å²) in [6.07, 6.45) is -0.404. The molecule has 0 fully saturated rings. The van der Waals surface area contributed by atoms with E-state index in [1.807, 2.05) is 18.2 Å². The Bertz CT molecular complexity index is 783. The van der Waals surface area contributed by atoms with Gasteiger partial charge >= 0.3 is 0 Å². The van der Waals surface area contributed by atoms with Crippen molar-refractivity contribution >= 4 is 5.78 Å². The summed E-state index contributed by atoms with van der Waals surface area (Å²) >= 11 is 0. The van der Waals surface area contributed by atoms with E-state index in [1.54, 1.807) is 13.2 Å². The number of fused-ring (bicyclic) bond motifs is 1. The zero-order valence-electron chi connectivity index (χ0n) is 13.7. The molecule has 0 amide bonds. The first-order valence-corrected chi connectivity index (χ1v) is 7.41. The average Bonchev–Trinajstić information content (AvgIpc) is 2.60. The van der Waals surface area contributed by atoms with Crippen molar-refractivity contribution < 1.29 is 28.8 Å². The summed E-state index contributed by atoms with van der Waals surface area (Å²) < 4.78 is 21.8. The van der Waals surface area contributed by atoms with E-state index in [2.05, 4.69) is 0 Å². The SMILES string of the molecule is COc1ccccc1C1CC(=O)c2c(OC)cc(O)c(OC)c2O1. The quantitative estimate of drug-likeness (QED) is 0.928. The second-order valence-electron chi connectivity index (χ2n) is 5.31. The number of methoxy groups -OCH3 is 3. The third-order valence-electron chi connectivity index (χ3n) is 4.00. The molecule has 1 aliphatic heterocycles. The molecular formula is C18H18O6. The Hall–Kier alpha value is -2.89. The van der Waals surface area contributed by atoms with Crippen molar-refractivity contribution in [2.75, 3.05) is 21.3 Å². The first-order chi connectivity index (χ1) is 11.6. The molecule has 0 bridgehead atoms. The fraction of sp³-hybridized carbons (Fsp3) is 0.278. The van der Waals surface area contributed by atoms with Crippen LogP contribution in [0, 0.1) is 0 Å². The number of phenolic OH excluding ortho intramolecular Hbond substituents is 1. The Morgan fingerprint density at radius 2 is 1.79 bits per heavy atom. The number of ketones is 1. The van der Waals surface area contributed by atoms with Crippen molar-refractivity contribution in [3.05, 3.63) is 41.5 Å². The minimum absolute atomic E-state index is 0.110. The molecule has 1 aliphatic rings. The number of Topliss-reactive ketones (excluding diaryl/α,β-unsaturated/α-hetero) is 1. The summed E-state index contributed by atoms with van der Waals surface area (Å²) in [5.41, 5.74) is 1.03. The van der Waals surface area contributed by atoms with Crippen molar-refractivity contribution in [1.82, 2.24) is 0 Å². The smallest absolute Gasteiger partial charge is 0.204 e. The largest absolute Gasteiger partial charge is 0.504 e. The van der Waals surface area contributed by atoms with Crippen LogP contribution in [-0.4, -0.2) is 32.2 Å². The van der Waals surface area contributed by atoms with Crippen LogP contribution in [0.25, 0.3) is 0 Å². The van der Waals surface area contributed by atoms with Crippen LogP contribution >= 0.6 is 0 Å². The first kappa shape index (κ1) is 16.0. The number of carbonyl (C=O) groups excluding carboxylic acids is 1. The Labute approximate surface area is 139 Å². The molecule has 24 heavy (non-hydrogen) atoms. The monoisotopic (exact) mass is 330 g/mol. The van der Waals surface area contributed by atoms with Gasteiger partial charge in [0.15, 0.2) is 17.3 Å². The number of rotatable bonds is 4. The van der Waals surface area contributed by atoms with Crippen LogP contribution in [0.5, 0.6) is 28.7 Å². The van der Waals surface area contributed by atoms with Gasteiger partial charge in [0, 0.05) is 11.6 Å². The van der Waals surface area contributed by atoms with E-state index in [9.17, 15) is 9.90 Å². The van der Waals surface area contributed by atoms with Crippen molar-refractivity contribution in [1.29, 1.82) is 0 Å². The highest BCUT2D eigenvalue weighted by molar-refractivity contribution is 6.04. The van der Waals surface area contributed by atoms with Gasteiger partial charge in [-0.05, 0) is 6.07 Å². The molecule has 3 rings (SSSR count). The topological polar surface area (TPSA) is 74.2 Å². The van der Waals surface area contributed by atoms with Crippen molar-refractivity contribution in [2.24, 2.45) is 0 Å². The van der Waals surface area contributed by atoms with Crippen LogP contribution in [0.3, 0.4) is 0 Å². The lowest BCUT2D eigenvalue weighted by atomic mass is 9.94. The number of para-hydroxylation sites is 1. The molecule has 6 nitrogen and oxygen atoms in total. The van der Waals surface area contributed by atoms with E-state index in [-0.39, 0.29) is 40.8 Å². The van der Waals surface area contributed by atoms with Crippen LogP contribution in [-0.2, 0) is 0 Å². The second-order valence-corrected chi connectivity index (χ2v) is 5.31. The van der Waals surface area contributed by atoms with E-state index < -0.39 is 6.10 Å². The number of aromatic hydroxyl groups is 1. The summed E-state index contributed by atoms with van der Waals surface area (Å²) in [4.78, 5) is 12.7. The Balaban J connectivity index is 2.13. The standard InChI is InChI=1S/C18H18O6/c1-21-13-7-5-4-6-10(13)14-8-11(19)16-15(22-2)9-12(20)17(23-3)18(16)24-14/h4-7,9,14,20H,8H2,1-3H3. The number of hydrogen-bond acceptors (Lipinski definition) is 6. The van der Waals surface area contributed by atoms with Gasteiger partial charge < -0.3 is 24.1 Å². The Morgan fingerprint density at radius 1 is 1.08 bits per heavy atom. The molecular weight excluding hydrogens is 312 g/mol. The average molecular weight is 330 g/mol. The lowest BCUT2D eigenvalue weighted by Crippen LogP contribution is -2.22. The zero-order valence-corrected chi connectivity index (χ0v) is 13.7. The van der Waals surface area contributed by atoms with Crippen LogP contribution < -0.4 is 18.9 Å². The van der Waals surface area contributed by atoms with Crippen LogP contribution in [0.2, 0.25) is 0 Å². The van der Waals surface area contributed by atoms with Crippen LogP contribution in [0.15, 0.2) is 30.3 Å². The predicted molar refractivity (Wildman–Crippen MR) is 86.5 cm³/mol. The third kappa shape index (κ3) is 2.50. The molecule has 2 aromatic rings. The number of ether oxygens (including phenoxy) is 4. The molecule has 1 heterocycles. The molecule has 126 valence electrons. The van der Waals surface area contributed by atoms with Crippen LogP contribution in [0.4, 0.5) is 0 Å². The summed E-state index contributed by atoms with van der Waals surface area (Å²) in [5, 5.41) is 10.1. The fourth-order valence-corrected chi connectivity index (χ4v) is 2.90. The molecule has 0 aliphatic carbocycles. The van der Waals surface area contributed by atoms with Gasteiger partial charge in [-0.25, -0.2) is 0 Å². The molecule has 1 atom stereocenters. The minimum Gasteiger partial charge on any atom is -0.504 e. The summed E-state index contributed by atoms with van der Waals surface area (Å²) in [6.45, 7) is 0. The molecule has 6 heteroatoms. The number of phenols is 1. The summed E-state index contributed by atoms with van der Waals surface area (Å²) in [7, 11) is 4.40. The van der Waals surface area contributed by atoms with E-state index in [4.69, 9.17) is 18.9 Å². The van der Waals surface area contributed by atoms with E-state index >= 15 is 0 Å². The van der Waals surface area contributed by atoms with Crippen molar-refractivity contribution in [2.45, 2.75) is 12.5 Å². The normalized spacial score (nSPS) is 16.1. The molecule has 0 spiro atoms. The summed E-state index contributed by atoms with van der Waals surface area (Å²) in [5.74, 6) is 0.876. The Kier molecular flexibility index (Phi) is 4.20. The fourth-order valence-electron chi connectivity index (χ4n) is 2.90. The van der Waals surface area contributed by atoms with Gasteiger partial charge in [0.2, 0.25) is 5.75 Å². The maximum absolute atomic E-state index is 12.7. The maximum Gasteiger partial charge on any atom is 0.204 e. The number of hydrogen-bond donors (Lipinski definition) is 1. The van der Waals surface area contributed by atoms with E-state index in [0.29, 0.717) is 5.75 Å². The van der Waals surface area contributed by atoms with Gasteiger partial charge in [-0.15, -0.1) is 0 Å². The van der Waals surface area contributed by atoms with Gasteiger partial charge in [-0.3, -0.25) is 4.79 Å². The van der Waals surface area contributed by atoms with Crippen molar-refractivity contribution in [3.8, 4) is 28.7 Å². The molecule has 0 saturated heterocycles. The van der Waals surface area contributed by atoms with Gasteiger partial charge in [0.1, 0.15) is 23.2 Å². The van der Waals surface area contributed by atoms with E-state index in [1.165, 1.54) is 20.3 Å². The van der Waals surface area contributed by atoms with Crippen LogP contribution in [0.1, 0.15) is 28.4 Å². The highest BCUT2D eigenvalue weighted by Crippen LogP contribution is 2.50. The highest BCUT2D eigenvalue weighted by Gasteiger charge is 2.35. The Morgan fingerprint density at radius 3 is 2.46 bits per heavy atom. The molecule has 1 N–H and O–H groups in total. The van der Waals surface area contributed by atoms with Gasteiger partial charge in [-0.2, -0.15) is 0 Å². The van der Waals surface area contributed by atoms with E-state index in [0.717, 1.165) is 5.56 Å². The third-order valence-corrected chi connectivity index (χ3v) is 4.00. The van der Waals surface area contributed by atoms with Crippen molar-refractivity contribution in [3.63, 3.8) is 0 Å². The summed E-state index contributed by atoms with van der Waals surface area (Å²) in [6, 6.07) is 8.69. The first-order valence-electron chi connectivity index (χ1n) is 7.41. The van der Waals surface area contributed by atoms with Gasteiger partial charge in [0.05, 0.1) is 27.8 Å². The van der Waals surface area contributed by atoms with Gasteiger partial charge in [-0.1, -0.05) is 18.2 Å². The number of carbonyl (C=O) groups is 1. The minimum atomic E-state index is -0.540. The number of benzene rings is 2. The molecule has 2 aromatic carbocycles. The zero-order chi connectivity index (χ0) is 17.3. The lowest BCUT2D eigenvalue weighted by molar-refractivity contribution is 0.0832. The maximum atomic E-state index is 12.7. The molecule has 0 aromatic heterocycles. The second kappa shape index (κ2) is 6.31. The molecule has 0 saturated carbocycles. The van der Waals surface area contributed by atoms with Gasteiger partial charge in [0.25, 0.3) is 0 Å². The predicted octanol–water partition coefficient (Wildman–Crippen LogP) is 3.12. The lowest BCUT2D eigenvalue weighted by Gasteiger charge is -2.29. The molecule has 0 radical (unpaired) electrons.